The zero-order valence-corrected chi connectivity index (χ0v) is 13.5. The maximum atomic E-state index is 12.1. The topological polar surface area (TPSA) is 56.1 Å². The van der Waals surface area contributed by atoms with E-state index in [2.05, 4.69) is 10.4 Å². The largest absolute Gasteiger partial charge is 0.380 e. The van der Waals surface area contributed by atoms with Crippen LogP contribution in [0.5, 0.6) is 0 Å². The van der Waals surface area contributed by atoms with Crippen LogP contribution in [0, 0.1) is 5.92 Å². The molecule has 1 N–H and O–H groups in total. The second kappa shape index (κ2) is 7.80. The van der Waals surface area contributed by atoms with Gasteiger partial charge >= 0.3 is 0 Å². The first kappa shape index (κ1) is 16.3. The highest BCUT2D eigenvalue weighted by molar-refractivity contribution is 6.32. The lowest BCUT2D eigenvalue weighted by Crippen LogP contribution is -2.26. The summed E-state index contributed by atoms with van der Waals surface area (Å²) < 4.78 is 7.17. The van der Waals surface area contributed by atoms with Gasteiger partial charge in [0.25, 0.3) is 5.56 Å². The number of hydrogen-bond donors (Lipinski definition) is 1. The van der Waals surface area contributed by atoms with Gasteiger partial charge in [0.15, 0.2) is 0 Å². The van der Waals surface area contributed by atoms with E-state index in [-0.39, 0.29) is 10.6 Å². The van der Waals surface area contributed by atoms with Gasteiger partial charge in [-0.25, -0.2) is 4.68 Å². The van der Waals surface area contributed by atoms with E-state index in [0.717, 1.165) is 12.8 Å². The van der Waals surface area contributed by atoms with Crippen LogP contribution in [0.2, 0.25) is 5.02 Å². The molecular weight excluding hydrogens is 290 g/mol. The second-order valence-electron chi connectivity index (χ2n) is 5.96. The van der Waals surface area contributed by atoms with Crippen molar-refractivity contribution < 1.29 is 4.74 Å². The maximum absolute atomic E-state index is 12.1. The van der Waals surface area contributed by atoms with Crippen molar-refractivity contribution in [3.63, 3.8) is 0 Å². The Morgan fingerprint density at radius 3 is 2.86 bits per heavy atom. The minimum Gasteiger partial charge on any atom is -0.380 e. The summed E-state index contributed by atoms with van der Waals surface area (Å²) in [6.07, 6.45) is 6.87. The quantitative estimate of drug-likeness (QED) is 0.786. The number of ether oxygens (including phenoxy) is 1. The van der Waals surface area contributed by atoms with Crippen molar-refractivity contribution in [2.24, 2.45) is 5.92 Å². The summed E-state index contributed by atoms with van der Waals surface area (Å²) in [6.45, 7) is 5.90. The van der Waals surface area contributed by atoms with Crippen molar-refractivity contribution in [2.75, 3.05) is 18.5 Å². The fourth-order valence-corrected chi connectivity index (χ4v) is 2.74. The molecular formula is C15H24ClN3O2. The molecule has 1 aliphatic carbocycles. The lowest BCUT2D eigenvalue weighted by atomic mass is 10.2. The molecule has 2 rings (SSSR count). The van der Waals surface area contributed by atoms with Gasteiger partial charge in [-0.1, -0.05) is 38.3 Å². The third-order valence-corrected chi connectivity index (χ3v) is 3.96. The average Bonchev–Trinajstić information content (AvgIpc) is 2.95. The SMILES string of the molecule is CC(C)Cn1ncc(NCCOC2CCCC2)c(Cl)c1=O. The zero-order valence-electron chi connectivity index (χ0n) is 12.8. The lowest BCUT2D eigenvalue weighted by molar-refractivity contribution is 0.0659. The molecule has 0 bridgehead atoms. The van der Waals surface area contributed by atoms with Crippen LogP contribution in [-0.2, 0) is 11.3 Å². The van der Waals surface area contributed by atoms with Gasteiger partial charge in [0.05, 0.1) is 24.6 Å². The van der Waals surface area contributed by atoms with Crippen LogP contribution >= 0.6 is 11.6 Å². The molecule has 0 spiro atoms. The Hall–Kier alpha value is -1.07. The number of hydrogen-bond acceptors (Lipinski definition) is 4. The van der Waals surface area contributed by atoms with Crippen LogP contribution in [0.1, 0.15) is 39.5 Å². The Kier molecular flexibility index (Phi) is 6.06. The number of halogens is 1. The Balaban J connectivity index is 1.85. The second-order valence-corrected chi connectivity index (χ2v) is 6.34. The smallest absolute Gasteiger partial charge is 0.287 e. The third kappa shape index (κ3) is 4.71. The fraction of sp³-hybridized carbons (Fsp3) is 0.733. The Morgan fingerprint density at radius 2 is 2.19 bits per heavy atom. The van der Waals surface area contributed by atoms with E-state index in [9.17, 15) is 4.79 Å². The summed E-state index contributed by atoms with van der Waals surface area (Å²) in [7, 11) is 0. The molecule has 0 amide bonds. The van der Waals surface area contributed by atoms with Crippen molar-refractivity contribution in [3.8, 4) is 0 Å². The molecule has 0 atom stereocenters. The predicted molar refractivity (Wildman–Crippen MR) is 85.0 cm³/mol. The number of anilines is 1. The minimum atomic E-state index is -0.243. The highest BCUT2D eigenvalue weighted by Crippen LogP contribution is 2.21. The monoisotopic (exact) mass is 313 g/mol. The molecule has 1 aliphatic rings. The van der Waals surface area contributed by atoms with Crippen LogP contribution in [0.25, 0.3) is 0 Å². The molecule has 1 fully saturated rings. The number of nitrogens with one attached hydrogen (secondary N) is 1. The highest BCUT2D eigenvalue weighted by atomic mass is 35.5. The van der Waals surface area contributed by atoms with Gasteiger partial charge in [0.2, 0.25) is 0 Å². The molecule has 1 aromatic heterocycles. The highest BCUT2D eigenvalue weighted by Gasteiger charge is 2.15. The van der Waals surface area contributed by atoms with Crippen molar-refractivity contribution in [2.45, 2.75) is 52.2 Å². The standard InChI is InChI=1S/C15H24ClN3O2/c1-11(2)10-19-15(20)14(16)13(9-18-19)17-7-8-21-12-5-3-4-6-12/h9,11-12,17H,3-8,10H2,1-2H3. The van der Waals surface area contributed by atoms with E-state index in [0.29, 0.717) is 37.4 Å². The van der Waals surface area contributed by atoms with Crippen LogP contribution in [-0.4, -0.2) is 29.0 Å². The average molecular weight is 314 g/mol. The molecule has 6 heteroatoms. The summed E-state index contributed by atoms with van der Waals surface area (Å²) in [6, 6.07) is 0. The molecule has 1 heterocycles. The molecule has 5 nitrogen and oxygen atoms in total. The first-order valence-corrected chi connectivity index (χ1v) is 8.07. The Bertz CT molecular complexity index is 510. The van der Waals surface area contributed by atoms with Gasteiger partial charge in [-0.05, 0) is 18.8 Å². The summed E-state index contributed by atoms with van der Waals surface area (Å²) >= 11 is 6.11. The van der Waals surface area contributed by atoms with Crippen LogP contribution < -0.4 is 10.9 Å². The molecule has 0 unspecified atom stereocenters. The van der Waals surface area contributed by atoms with Crippen LogP contribution in [0.3, 0.4) is 0 Å². The zero-order chi connectivity index (χ0) is 15.2. The van der Waals surface area contributed by atoms with E-state index in [4.69, 9.17) is 16.3 Å². The van der Waals surface area contributed by atoms with E-state index in [1.807, 2.05) is 13.8 Å². The minimum absolute atomic E-state index is 0.200. The molecule has 1 aromatic rings. The molecule has 1 saturated carbocycles. The molecule has 0 aliphatic heterocycles. The summed E-state index contributed by atoms with van der Waals surface area (Å²) in [5, 5.41) is 7.48. The van der Waals surface area contributed by atoms with Gasteiger partial charge in [-0.15, -0.1) is 0 Å². The van der Waals surface area contributed by atoms with Crippen LogP contribution in [0.4, 0.5) is 5.69 Å². The summed E-state index contributed by atoms with van der Waals surface area (Å²) in [5.41, 5.74) is 0.337. The van der Waals surface area contributed by atoms with E-state index in [1.54, 1.807) is 6.20 Å². The third-order valence-electron chi connectivity index (χ3n) is 3.60. The number of rotatable bonds is 7. The summed E-state index contributed by atoms with van der Waals surface area (Å²) in [5.74, 6) is 0.352. The van der Waals surface area contributed by atoms with Crippen molar-refractivity contribution in [1.82, 2.24) is 9.78 Å². The van der Waals surface area contributed by atoms with E-state index >= 15 is 0 Å². The number of nitrogens with zero attached hydrogens (tertiary/aromatic N) is 2. The van der Waals surface area contributed by atoms with Crippen molar-refractivity contribution in [3.05, 3.63) is 21.6 Å². The lowest BCUT2D eigenvalue weighted by Gasteiger charge is -2.13. The van der Waals surface area contributed by atoms with Gasteiger partial charge in [0.1, 0.15) is 5.02 Å². The van der Waals surface area contributed by atoms with E-state index < -0.39 is 0 Å². The van der Waals surface area contributed by atoms with Gasteiger partial charge < -0.3 is 10.1 Å². The van der Waals surface area contributed by atoms with Crippen molar-refractivity contribution >= 4 is 17.3 Å². The van der Waals surface area contributed by atoms with Gasteiger partial charge in [0, 0.05) is 13.1 Å². The fourth-order valence-electron chi connectivity index (χ4n) is 2.53. The first-order valence-electron chi connectivity index (χ1n) is 7.69. The predicted octanol–water partition coefficient (Wildman–Crippen LogP) is 2.92. The van der Waals surface area contributed by atoms with E-state index in [1.165, 1.54) is 17.5 Å². The Morgan fingerprint density at radius 1 is 1.48 bits per heavy atom. The summed E-state index contributed by atoms with van der Waals surface area (Å²) in [4.78, 5) is 12.1. The van der Waals surface area contributed by atoms with Crippen LogP contribution in [0.15, 0.2) is 11.0 Å². The molecule has 21 heavy (non-hydrogen) atoms. The van der Waals surface area contributed by atoms with Gasteiger partial charge in [-0.2, -0.15) is 5.10 Å². The molecule has 0 radical (unpaired) electrons. The molecule has 118 valence electrons. The normalized spacial score (nSPS) is 15.8. The number of aromatic nitrogens is 2. The molecule has 0 saturated heterocycles. The van der Waals surface area contributed by atoms with Crippen molar-refractivity contribution in [1.29, 1.82) is 0 Å². The Labute approximate surface area is 130 Å². The van der Waals surface area contributed by atoms with Gasteiger partial charge in [-0.3, -0.25) is 4.79 Å². The first-order chi connectivity index (χ1) is 10.1. The maximum Gasteiger partial charge on any atom is 0.287 e. The molecule has 0 aromatic carbocycles.